The van der Waals surface area contributed by atoms with Gasteiger partial charge in [-0.15, -0.1) is 0 Å². The first kappa shape index (κ1) is 16.9. The average Bonchev–Trinajstić information content (AvgIpc) is 2.42. The highest BCUT2D eigenvalue weighted by atomic mass is 16.4. The number of nitrogens with two attached hydrogens (primary N) is 1. The molecule has 0 bridgehead atoms. The van der Waals surface area contributed by atoms with Crippen molar-refractivity contribution in [3.63, 3.8) is 0 Å². The number of carbonyl (C=O) groups is 2. The van der Waals surface area contributed by atoms with E-state index in [2.05, 4.69) is 22.2 Å². The Labute approximate surface area is 120 Å². The molecule has 0 spiro atoms. The molecule has 1 amide bonds. The maximum atomic E-state index is 11.6. The number of rotatable bonds is 8. The number of carboxylic acids is 1. The molecule has 1 aliphatic heterocycles. The number of hydrogen-bond acceptors (Lipinski definition) is 5. The van der Waals surface area contributed by atoms with Crippen molar-refractivity contribution in [2.75, 3.05) is 46.3 Å². The summed E-state index contributed by atoms with van der Waals surface area (Å²) in [6, 6.07) is -0.836. The van der Waals surface area contributed by atoms with Crippen LogP contribution in [-0.4, -0.2) is 79.1 Å². The molecular weight excluding hydrogens is 260 g/mol. The van der Waals surface area contributed by atoms with Crippen molar-refractivity contribution in [1.82, 2.24) is 15.1 Å². The fraction of sp³-hybridized carbons (Fsp3) is 0.846. The molecule has 7 nitrogen and oxygen atoms in total. The number of carbonyl (C=O) groups excluding carboxylic acids is 1. The van der Waals surface area contributed by atoms with Gasteiger partial charge < -0.3 is 26.0 Å². The van der Waals surface area contributed by atoms with Crippen LogP contribution in [0.15, 0.2) is 0 Å². The van der Waals surface area contributed by atoms with E-state index < -0.39 is 12.0 Å². The highest BCUT2D eigenvalue weighted by Crippen LogP contribution is 2.00. The van der Waals surface area contributed by atoms with Crippen LogP contribution in [0.2, 0.25) is 0 Å². The monoisotopic (exact) mass is 286 g/mol. The van der Waals surface area contributed by atoms with Crippen LogP contribution in [0, 0.1) is 0 Å². The third kappa shape index (κ3) is 6.83. The summed E-state index contributed by atoms with van der Waals surface area (Å²) >= 11 is 0. The van der Waals surface area contributed by atoms with Crippen LogP contribution in [0.4, 0.5) is 0 Å². The molecule has 1 aliphatic rings. The van der Waals surface area contributed by atoms with Crippen LogP contribution in [-0.2, 0) is 9.59 Å². The Morgan fingerprint density at radius 1 is 1.30 bits per heavy atom. The van der Waals surface area contributed by atoms with E-state index in [0.29, 0.717) is 25.8 Å². The average molecular weight is 286 g/mol. The lowest BCUT2D eigenvalue weighted by Gasteiger charge is -2.32. The van der Waals surface area contributed by atoms with E-state index in [1.165, 1.54) is 0 Å². The quantitative estimate of drug-likeness (QED) is 0.492. The lowest BCUT2D eigenvalue weighted by atomic mass is 10.2. The van der Waals surface area contributed by atoms with Gasteiger partial charge in [0, 0.05) is 45.7 Å². The number of carboxylic acid groups (broad SMARTS) is 1. The molecule has 1 rings (SSSR count). The molecule has 0 aromatic rings. The van der Waals surface area contributed by atoms with Gasteiger partial charge in [-0.05, 0) is 19.9 Å². The lowest BCUT2D eigenvalue weighted by Crippen LogP contribution is -2.45. The molecule has 1 fully saturated rings. The summed E-state index contributed by atoms with van der Waals surface area (Å²) in [7, 11) is 2.10. The third-order valence-electron chi connectivity index (χ3n) is 3.58. The topological polar surface area (TPSA) is 98.9 Å². The maximum absolute atomic E-state index is 11.6. The first-order chi connectivity index (χ1) is 9.49. The molecule has 0 radical (unpaired) electrons. The van der Waals surface area contributed by atoms with Gasteiger partial charge >= 0.3 is 5.97 Å². The molecule has 0 aromatic heterocycles. The second kappa shape index (κ2) is 8.89. The molecule has 1 saturated heterocycles. The molecule has 7 heteroatoms. The minimum Gasteiger partial charge on any atom is -0.480 e. The minimum atomic E-state index is -0.994. The highest BCUT2D eigenvalue weighted by Gasteiger charge is 2.14. The standard InChI is InChI=1S/C13H26N4O3/c1-16-7-9-17(10-8-16)6-4-12(18)15-5-2-3-11(14)13(19)20/h11H,2-10,14H2,1H3,(H,15,18)(H,19,20). The molecular formula is C13H26N4O3. The molecule has 0 aliphatic carbocycles. The maximum Gasteiger partial charge on any atom is 0.320 e. The zero-order valence-electron chi connectivity index (χ0n) is 12.2. The van der Waals surface area contributed by atoms with Crippen molar-refractivity contribution < 1.29 is 14.7 Å². The summed E-state index contributed by atoms with van der Waals surface area (Å²) in [5.41, 5.74) is 5.38. The normalized spacial score (nSPS) is 18.7. The molecule has 1 heterocycles. The van der Waals surface area contributed by atoms with Gasteiger partial charge in [-0.25, -0.2) is 0 Å². The fourth-order valence-electron chi connectivity index (χ4n) is 2.09. The van der Waals surface area contributed by atoms with E-state index in [1.54, 1.807) is 0 Å². The first-order valence-electron chi connectivity index (χ1n) is 7.15. The van der Waals surface area contributed by atoms with Gasteiger partial charge in [-0.1, -0.05) is 0 Å². The Balaban J connectivity index is 2.02. The summed E-state index contributed by atoms with van der Waals surface area (Å²) in [5.74, 6) is -0.973. The lowest BCUT2D eigenvalue weighted by molar-refractivity contribution is -0.138. The number of hydrogen-bond donors (Lipinski definition) is 3. The van der Waals surface area contributed by atoms with Crippen LogP contribution in [0.25, 0.3) is 0 Å². The Hall–Kier alpha value is -1.18. The number of aliphatic carboxylic acids is 1. The SMILES string of the molecule is CN1CCN(CCC(=O)NCCCC(N)C(=O)O)CC1. The van der Waals surface area contributed by atoms with Crippen LogP contribution in [0.3, 0.4) is 0 Å². The highest BCUT2D eigenvalue weighted by molar-refractivity contribution is 5.76. The largest absolute Gasteiger partial charge is 0.480 e. The number of nitrogens with zero attached hydrogens (tertiary/aromatic N) is 2. The van der Waals surface area contributed by atoms with E-state index in [-0.39, 0.29) is 5.91 Å². The minimum absolute atomic E-state index is 0.0211. The van der Waals surface area contributed by atoms with E-state index in [1.807, 2.05) is 0 Å². The molecule has 1 atom stereocenters. The van der Waals surface area contributed by atoms with Gasteiger partial charge in [-0.2, -0.15) is 0 Å². The Morgan fingerprint density at radius 2 is 1.95 bits per heavy atom. The fourth-order valence-corrected chi connectivity index (χ4v) is 2.09. The summed E-state index contributed by atoms with van der Waals surface area (Å²) in [5, 5.41) is 11.4. The number of nitrogens with one attached hydrogen (secondary N) is 1. The van der Waals surface area contributed by atoms with E-state index >= 15 is 0 Å². The Kier molecular flexibility index (Phi) is 7.50. The van der Waals surface area contributed by atoms with Crippen molar-refractivity contribution in [2.24, 2.45) is 5.73 Å². The van der Waals surface area contributed by atoms with Crippen molar-refractivity contribution in [3.8, 4) is 0 Å². The number of amides is 1. The van der Waals surface area contributed by atoms with Crippen LogP contribution < -0.4 is 11.1 Å². The zero-order chi connectivity index (χ0) is 15.0. The summed E-state index contributed by atoms with van der Waals surface area (Å²) in [6.45, 7) is 5.40. The predicted molar refractivity (Wildman–Crippen MR) is 76.4 cm³/mol. The molecule has 116 valence electrons. The van der Waals surface area contributed by atoms with Crippen LogP contribution in [0.5, 0.6) is 0 Å². The van der Waals surface area contributed by atoms with Gasteiger partial charge in [0.05, 0.1) is 0 Å². The van der Waals surface area contributed by atoms with Gasteiger partial charge in [0.15, 0.2) is 0 Å². The molecule has 20 heavy (non-hydrogen) atoms. The number of piperazine rings is 1. The van der Waals surface area contributed by atoms with Gasteiger partial charge in [0.2, 0.25) is 5.91 Å². The smallest absolute Gasteiger partial charge is 0.320 e. The van der Waals surface area contributed by atoms with Crippen LogP contribution >= 0.6 is 0 Å². The van der Waals surface area contributed by atoms with Crippen molar-refractivity contribution in [2.45, 2.75) is 25.3 Å². The second-order valence-corrected chi connectivity index (χ2v) is 5.33. The summed E-state index contributed by atoms with van der Waals surface area (Å²) in [4.78, 5) is 26.7. The van der Waals surface area contributed by atoms with Crippen molar-refractivity contribution >= 4 is 11.9 Å². The molecule has 1 unspecified atom stereocenters. The Morgan fingerprint density at radius 3 is 2.55 bits per heavy atom. The first-order valence-corrected chi connectivity index (χ1v) is 7.15. The summed E-state index contributed by atoms with van der Waals surface area (Å²) < 4.78 is 0. The van der Waals surface area contributed by atoms with Gasteiger partial charge in [-0.3, -0.25) is 9.59 Å². The predicted octanol–water partition coefficient (Wildman–Crippen LogP) is -1.07. The van der Waals surface area contributed by atoms with Crippen molar-refractivity contribution in [1.29, 1.82) is 0 Å². The third-order valence-corrected chi connectivity index (χ3v) is 3.58. The molecule has 0 aromatic carbocycles. The van der Waals surface area contributed by atoms with Gasteiger partial charge in [0.1, 0.15) is 6.04 Å². The molecule has 0 saturated carbocycles. The van der Waals surface area contributed by atoms with E-state index in [9.17, 15) is 9.59 Å². The summed E-state index contributed by atoms with van der Waals surface area (Å²) in [6.07, 6.45) is 1.47. The Bertz CT molecular complexity index is 317. The molecule has 4 N–H and O–H groups in total. The van der Waals surface area contributed by atoms with E-state index in [0.717, 1.165) is 32.7 Å². The van der Waals surface area contributed by atoms with Crippen molar-refractivity contribution in [3.05, 3.63) is 0 Å². The second-order valence-electron chi connectivity index (χ2n) is 5.33. The zero-order valence-corrected chi connectivity index (χ0v) is 12.2. The number of likely N-dealkylation sites (N-methyl/N-ethyl adjacent to an activating group) is 1. The van der Waals surface area contributed by atoms with E-state index in [4.69, 9.17) is 10.8 Å². The van der Waals surface area contributed by atoms with Gasteiger partial charge in [0.25, 0.3) is 0 Å². The van der Waals surface area contributed by atoms with Crippen LogP contribution in [0.1, 0.15) is 19.3 Å².